The highest BCUT2D eigenvalue weighted by molar-refractivity contribution is 6.40. The second-order valence-electron chi connectivity index (χ2n) is 9.24. The molecule has 5 rings (SSSR count). The number of anilines is 1. The van der Waals surface area contributed by atoms with Gasteiger partial charge in [-0.1, -0.05) is 84.7 Å². The fraction of sp³-hybridized carbons (Fsp3) is 0.241. The van der Waals surface area contributed by atoms with Gasteiger partial charge < -0.3 is 24.5 Å². The van der Waals surface area contributed by atoms with Crippen LogP contribution in [0.2, 0.25) is 10.3 Å². The molecule has 0 saturated carbocycles. The van der Waals surface area contributed by atoms with Gasteiger partial charge >= 0.3 is 0 Å². The van der Waals surface area contributed by atoms with Crippen LogP contribution in [0.15, 0.2) is 85.2 Å². The summed E-state index contributed by atoms with van der Waals surface area (Å²) >= 11 is 12.4. The Labute approximate surface area is 230 Å². The molecule has 38 heavy (non-hydrogen) atoms. The molecule has 0 aliphatic carbocycles. The van der Waals surface area contributed by atoms with E-state index in [1.54, 1.807) is 23.0 Å². The normalized spacial score (nSPS) is 21.3. The fourth-order valence-electron chi connectivity index (χ4n) is 4.51. The molecule has 1 aliphatic rings. The van der Waals surface area contributed by atoms with Gasteiger partial charge in [-0.25, -0.2) is 4.98 Å². The molecule has 1 aliphatic heterocycles. The van der Waals surface area contributed by atoms with Crippen LogP contribution in [-0.4, -0.2) is 26.7 Å². The fourth-order valence-corrected chi connectivity index (χ4v) is 4.82. The molecule has 1 aromatic heterocycles. The third-order valence-corrected chi connectivity index (χ3v) is 7.48. The van der Waals surface area contributed by atoms with Gasteiger partial charge in [0.05, 0.1) is 31.7 Å². The predicted molar refractivity (Wildman–Crippen MR) is 146 cm³/mol. The molecule has 2 heterocycles. The number of nitrogens with one attached hydrogen (secondary N) is 1. The number of hydrogen-bond acceptors (Lipinski definition) is 5. The molecule has 9 heteroatoms. The SMILES string of the molecule is C[C@H]1[C@@H](Cn2cnc(Cl)c2Cl)O[C@@H](c2ccc(NC(=O)c3ccccc3)cc2)O[C@H]1c1ccc(CO)cc1. The van der Waals surface area contributed by atoms with Crippen molar-refractivity contribution in [1.82, 2.24) is 9.55 Å². The van der Waals surface area contributed by atoms with E-state index in [1.807, 2.05) is 66.7 Å². The van der Waals surface area contributed by atoms with Gasteiger partial charge in [-0.15, -0.1) is 0 Å². The van der Waals surface area contributed by atoms with Crippen LogP contribution in [0.3, 0.4) is 0 Å². The Balaban J connectivity index is 1.38. The summed E-state index contributed by atoms with van der Waals surface area (Å²) in [5.41, 5.74) is 3.87. The van der Waals surface area contributed by atoms with Crippen molar-refractivity contribution in [3.63, 3.8) is 0 Å². The molecule has 2 N–H and O–H groups in total. The topological polar surface area (TPSA) is 85.6 Å². The smallest absolute Gasteiger partial charge is 0.255 e. The zero-order valence-corrected chi connectivity index (χ0v) is 22.1. The molecular formula is C29H27Cl2N3O4. The summed E-state index contributed by atoms with van der Waals surface area (Å²) in [6.45, 7) is 2.49. The average Bonchev–Trinajstić information content (AvgIpc) is 3.27. The van der Waals surface area contributed by atoms with Crippen molar-refractivity contribution in [2.75, 3.05) is 5.32 Å². The van der Waals surface area contributed by atoms with Crippen LogP contribution in [0.25, 0.3) is 0 Å². The molecule has 0 spiro atoms. The maximum atomic E-state index is 12.5. The largest absolute Gasteiger partial charge is 0.392 e. The number of halogens is 2. The number of carbonyl (C=O) groups excluding carboxylic acids is 1. The van der Waals surface area contributed by atoms with Gasteiger partial charge in [0.15, 0.2) is 11.4 Å². The van der Waals surface area contributed by atoms with Gasteiger partial charge in [0.1, 0.15) is 5.15 Å². The maximum Gasteiger partial charge on any atom is 0.255 e. The van der Waals surface area contributed by atoms with E-state index in [4.69, 9.17) is 32.7 Å². The number of aliphatic hydroxyl groups excluding tert-OH is 1. The highest BCUT2D eigenvalue weighted by Gasteiger charge is 2.38. The van der Waals surface area contributed by atoms with E-state index >= 15 is 0 Å². The molecule has 4 aromatic rings. The van der Waals surface area contributed by atoms with Crippen molar-refractivity contribution in [3.8, 4) is 0 Å². The summed E-state index contributed by atoms with van der Waals surface area (Å²) < 4.78 is 14.7. The lowest BCUT2D eigenvalue weighted by Gasteiger charge is -2.41. The van der Waals surface area contributed by atoms with E-state index in [1.165, 1.54) is 0 Å². The first-order valence-electron chi connectivity index (χ1n) is 12.3. The first-order valence-corrected chi connectivity index (χ1v) is 13.0. The second kappa shape index (κ2) is 11.7. The minimum Gasteiger partial charge on any atom is -0.392 e. The van der Waals surface area contributed by atoms with E-state index in [2.05, 4.69) is 17.2 Å². The lowest BCUT2D eigenvalue weighted by molar-refractivity contribution is -0.276. The number of aliphatic hydroxyl groups is 1. The van der Waals surface area contributed by atoms with Crippen molar-refractivity contribution < 1.29 is 19.4 Å². The molecule has 1 amide bonds. The molecule has 1 fully saturated rings. The molecule has 0 unspecified atom stereocenters. The molecule has 1 saturated heterocycles. The van der Waals surface area contributed by atoms with Crippen LogP contribution in [0.4, 0.5) is 5.69 Å². The van der Waals surface area contributed by atoms with Gasteiger partial charge in [0, 0.05) is 22.7 Å². The number of amides is 1. The van der Waals surface area contributed by atoms with Gasteiger partial charge in [-0.05, 0) is 35.4 Å². The standard InChI is InChI=1S/C29H27Cl2N3O4/c1-18-24(15-34-17-32-26(30)27(34)31)37-29(38-25(18)20-9-7-19(16-35)8-10-20)22-11-13-23(14-12-22)33-28(36)21-5-3-2-4-6-21/h2-14,17-18,24-25,29,35H,15-16H2,1H3,(H,33,36)/t18-,24+,25+,29+/m0/s1. The number of imidazole rings is 1. The van der Waals surface area contributed by atoms with Crippen LogP contribution in [0.5, 0.6) is 0 Å². The minimum absolute atomic E-state index is 0.0250. The van der Waals surface area contributed by atoms with Gasteiger partial charge in [-0.3, -0.25) is 4.79 Å². The van der Waals surface area contributed by atoms with Crippen LogP contribution < -0.4 is 5.32 Å². The second-order valence-corrected chi connectivity index (χ2v) is 9.96. The van der Waals surface area contributed by atoms with E-state index in [-0.39, 0.29) is 35.8 Å². The van der Waals surface area contributed by atoms with Crippen LogP contribution in [0.1, 0.15) is 46.4 Å². The third kappa shape index (κ3) is 5.77. The molecular weight excluding hydrogens is 525 g/mol. The quantitative estimate of drug-likeness (QED) is 0.276. The zero-order valence-electron chi connectivity index (χ0n) is 20.6. The summed E-state index contributed by atoms with van der Waals surface area (Å²) in [5.74, 6) is -0.215. The van der Waals surface area contributed by atoms with Crippen molar-refractivity contribution in [3.05, 3.63) is 118 Å². The molecule has 3 aromatic carbocycles. The third-order valence-electron chi connectivity index (χ3n) is 6.71. The molecule has 0 bridgehead atoms. The van der Waals surface area contributed by atoms with Gasteiger partial charge in [0.2, 0.25) is 0 Å². The van der Waals surface area contributed by atoms with E-state index in [0.717, 1.165) is 16.7 Å². The number of carbonyl (C=O) groups is 1. The minimum atomic E-state index is -0.657. The lowest BCUT2D eigenvalue weighted by Crippen LogP contribution is -2.39. The van der Waals surface area contributed by atoms with Crippen LogP contribution in [-0.2, 0) is 22.6 Å². The first-order chi connectivity index (χ1) is 18.4. The van der Waals surface area contributed by atoms with Crippen LogP contribution >= 0.6 is 23.2 Å². The maximum absolute atomic E-state index is 12.5. The molecule has 0 radical (unpaired) electrons. The number of ether oxygens (including phenoxy) is 2. The number of hydrogen-bond donors (Lipinski definition) is 2. The Kier molecular flexibility index (Phi) is 8.12. The predicted octanol–water partition coefficient (Wildman–Crippen LogP) is 6.43. The zero-order chi connectivity index (χ0) is 26.6. The average molecular weight is 552 g/mol. The van der Waals surface area contributed by atoms with Crippen molar-refractivity contribution in [1.29, 1.82) is 0 Å². The van der Waals surface area contributed by atoms with Crippen molar-refractivity contribution >= 4 is 34.8 Å². The number of nitrogens with zero attached hydrogens (tertiary/aromatic N) is 2. The van der Waals surface area contributed by atoms with Gasteiger partial charge in [0.25, 0.3) is 5.91 Å². The molecule has 7 nitrogen and oxygen atoms in total. The van der Waals surface area contributed by atoms with E-state index < -0.39 is 6.29 Å². The molecule has 4 atom stereocenters. The number of aromatic nitrogens is 2. The Hall–Kier alpha value is -3.20. The summed E-state index contributed by atoms with van der Waals surface area (Å²) in [4.78, 5) is 16.6. The summed E-state index contributed by atoms with van der Waals surface area (Å²) in [5, 5.41) is 13.0. The molecule has 196 valence electrons. The number of benzene rings is 3. The Morgan fingerprint density at radius 2 is 1.66 bits per heavy atom. The monoisotopic (exact) mass is 551 g/mol. The van der Waals surface area contributed by atoms with E-state index in [9.17, 15) is 9.90 Å². The highest BCUT2D eigenvalue weighted by atomic mass is 35.5. The number of rotatable bonds is 7. The van der Waals surface area contributed by atoms with Crippen LogP contribution in [0, 0.1) is 5.92 Å². The van der Waals surface area contributed by atoms with Gasteiger partial charge in [-0.2, -0.15) is 0 Å². The summed E-state index contributed by atoms with van der Waals surface area (Å²) in [6.07, 6.45) is 0.397. The van der Waals surface area contributed by atoms with Crippen molar-refractivity contribution in [2.45, 2.75) is 38.6 Å². The highest BCUT2D eigenvalue weighted by Crippen LogP contribution is 2.42. The summed E-state index contributed by atoms with van der Waals surface area (Å²) in [6, 6.07) is 24.2. The summed E-state index contributed by atoms with van der Waals surface area (Å²) in [7, 11) is 0. The lowest BCUT2D eigenvalue weighted by atomic mass is 9.90. The Bertz CT molecular complexity index is 1380. The van der Waals surface area contributed by atoms with Crippen molar-refractivity contribution in [2.24, 2.45) is 5.92 Å². The Morgan fingerprint density at radius 1 is 0.974 bits per heavy atom. The Morgan fingerprint density at radius 3 is 2.29 bits per heavy atom. The first kappa shape index (κ1) is 26.4. The van der Waals surface area contributed by atoms with E-state index in [0.29, 0.717) is 22.9 Å².